The Kier molecular flexibility index (Phi) is 5.07. The number of halogens is 1. The molecule has 1 amide bonds. The molecule has 0 radical (unpaired) electrons. The van der Waals surface area contributed by atoms with E-state index in [-0.39, 0.29) is 34.6 Å². The second-order valence-corrected chi connectivity index (χ2v) is 5.95. The van der Waals surface area contributed by atoms with Crippen LogP contribution in [0.1, 0.15) is 11.1 Å². The first kappa shape index (κ1) is 17.4. The summed E-state index contributed by atoms with van der Waals surface area (Å²) >= 11 is 1.43. The third kappa shape index (κ3) is 3.38. The first-order valence-corrected chi connectivity index (χ1v) is 7.38. The van der Waals surface area contributed by atoms with Crippen LogP contribution in [0, 0.1) is 10.1 Å². The summed E-state index contributed by atoms with van der Waals surface area (Å²) in [7, 11) is 0. The highest BCUT2D eigenvalue weighted by atomic mass is 79.9. The van der Waals surface area contributed by atoms with E-state index in [0.717, 1.165) is 0 Å². The molecule has 2 aliphatic rings. The van der Waals surface area contributed by atoms with Gasteiger partial charge in [0.15, 0.2) is 0 Å². The number of carbonyl (C=O) groups excluding carboxylic acids is 2. The molecule has 1 aromatic carbocycles. The number of thioether (sulfide) groups is 1. The zero-order chi connectivity index (χ0) is 15.9. The summed E-state index contributed by atoms with van der Waals surface area (Å²) in [5.74, 6) is -1.30. The van der Waals surface area contributed by atoms with Gasteiger partial charge >= 0.3 is 0 Å². The SMILES string of the molecule is Br.NC1SC=CN1Cc1cc([N+](=O)[O-])cc2c1CC(=O)C(=O)N2. The van der Waals surface area contributed by atoms with Crippen LogP contribution < -0.4 is 11.1 Å². The van der Waals surface area contributed by atoms with Gasteiger partial charge in [-0.05, 0) is 16.5 Å². The molecule has 3 N–H and O–H groups in total. The molecule has 0 aliphatic carbocycles. The second kappa shape index (κ2) is 6.69. The second-order valence-electron chi connectivity index (χ2n) is 4.93. The summed E-state index contributed by atoms with van der Waals surface area (Å²) in [5.41, 5.74) is 7.03. The minimum absolute atomic E-state index is 0. The van der Waals surface area contributed by atoms with Crippen LogP contribution in [0.25, 0.3) is 0 Å². The summed E-state index contributed by atoms with van der Waals surface area (Å²) in [4.78, 5) is 35.4. The van der Waals surface area contributed by atoms with Crippen molar-refractivity contribution in [3.63, 3.8) is 0 Å². The van der Waals surface area contributed by atoms with E-state index in [1.165, 1.54) is 23.9 Å². The van der Waals surface area contributed by atoms with E-state index in [0.29, 0.717) is 23.4 Å². The molecular weight excluding hydrogens is 388 g/mol. The number of hydrogen-bond donors (Lipinski definition) is 2. The number of nitro groups is 1. The molecule has 0 fully saturated rings. The average Bonchev–Trinajstić information content (AvgIpc) is 2.86. The minimum Gasteiger partial charge on any atom is -0.349 e. The largest absolute Gasteiger partial charge is 0.349 e. The van der Waals surface area contributed by atoms with Gasteiger partial charge in [-0.25, -0.2) is 0 Å². The number of nitro benzene ring substituents is 1. The summed E-state index contributed by atoms with van der Waals surface area (Å²) < 4.78 is 0. The highest BCUT2D eigenvalue weighted by molar-refractivity contribution is 8.93. The van der Waals surface area contributed by atoms with E-state index < -0.39 is 16.6 Å². The van der Waals surface area contributed by atoms with E-state index in [9.17, 15) is 19.7 Å². The number of rotatable bonds is 3. The van der Waals surface area contributed by atoms with Gasteiger partial charge in [0.2, 0.25) is 5.78 Å². The summed E-state index contributed by atoms with van der Waals surface area (Å²) in [5, 5.41) is 15.3. The molecule has 1 atom stereocenters. The molecule has 1 unspecified atom stereocenters. The van der Waals surface area contributed by atoms with Gasteiger partial charge in [-0.15, -0.1) is 17.0 Å². The first-order valence-electron chi connectivity index (χ1n) is 6.43. The number of fused-ring (bicyclic) bond motifs is 1. The number of Topliss-reactive ketones (excluding diaryl/α,β-unsaturated/α-hetero) is 1. The fourth-order valence-corrected chi connectivity index (χ4v) is 3.10. The van der Waals surface area contributed by atoms with Gasteiger partial charge in [-0.2, -0.15) is 0 Å². The van der Waals surface area contributed by atoms with Crippen LogP contribution in [-0.4, -0.2) is 27.0 Å². The van der Waals surface area contributed by atoms with Crippen molar-refractivity contribution in [1.82, 2.24) is 4.90 Å². The highest BCUT2D eigenvalue weighted by Crippen LogP contribution is 2.32. The summed E-state index contributed by atoms with van der Waals surface area (Å²) in [6.45, 7) is 0.331. The number of amides is 1. The number of benzene rings is 1. The lowest BCUT2D eigenvalue weighted by molar-refractivity contribution is -0.384. The topological polar surface area (TPSA) is 119 Å². The molecule has 0 saturated heterocycles. The number of non-ortho nitro benzene ring substituents is 1. The van der Waals surface area contributed by atoms with Crippen LogP contribution in [-0.2, 0) is 22.6 Å². The minimum atomic E-state index is -0.743. The number of hydrogen-bond acceptors (Lipinski definition) is 7. The normalized spacial score (nSPS) is 19.2. The Balaban J connectivity index is 0.00000192. The Morgan fingerprint density at radius 1 is 1.43 bits per heavy atom. The van der Waals surface area contributed by atoms with Crippen molar-refractivity contribution in [3.8, 4) is 0 Å². The van der Waals surface area contributed by atoms with Gasteiger partial charge in [0.25, 0.3) is 11.6 Å². The molecule has 23 heavy (non-hydrogen) atoms. The van der Waals surface area contributed by atoms with Crippen molar-refractivity contribution in [3.05, 3.63) is 45.0 Å². The Morgan fingerprint density at radius 3 is 2.78 bits per heavy atom. The molecule has 1 aromatic rings. The van der Waals surface area contributed by atoms with Gasteiger partial charge in [-0.1, -0.05) is 11.8 Å². The third-order valence-electron chi connectivity index (χ3n) is 3.53. The third-order valence-corrected chi connectivity index (χ3v) is 4.36. The maximum atomic E-state index is 11.6. The lowest BCUT2D eigenvalue weighted by Gasteiger charge is -2.25. The number of carbonyl (C=O) groups is 2. The van der Waals surface area contributed by atoms with Crippen molar-refractivity contribution in [1.29, 1.82) is 0 Å². The molecule has 10 heteroatoms. The lowest BCUT2D eigenvalue weighted by atomic mass is 9.95. The summed E-state index contributed by atoms with van der Waals surface area (Å²) in [6.07, 6.45) is 1.73. The molecular formula is C13H13BrN4O4S. The van der Waals surface area contributed by atoms with Crippen LogP contribution in [0.2, 0.25) is 0 Å². The quantitative estimate of drug-likeness (QED) is 0.448. The summed E-state index contributed by atoms with van der Waals surface area (Å²) in [6, 6.07) is 2.70. The highest BCUT2D eigenvalue weighted by Gasteiger charge is 2.29. The number of anilines is 1. The average molecular weight is 401 g/mol. The van der Waals surface area contributed by atoms with E-state index in [1.807, 2.05) is 10.3 Å². The molecule has 0 bridgehead atoms. The molecule has 122 valence electrons. The zero-order valence-electron chi connectivity index (χ0n) is 11.7. The van der Waals surface area contributed by atoms with Crippen LogP contribution in [0.4, 0.5) is 11.4 Å². The van der Waals surface area contributed by atoms with Crippen LogP contribution in [0.5, 0.6) is 0 Å². The molecule has 3 rings (SSSR count). The standard InChI is InChI=1S/C13H12N4O4S.BrH/c14-13-16(1-2-22-13)6-7-3-8(17(20)21)4-10-9(7)5-11(18)12(19)15-10;/h1-4,13H,5-6,14H2,(H,15,19);1H. The Labute approximate surface area is 146 Å². The number of nitrogens with two attached hydrogens (primary N) is 1. The molecule has 2 heterocycles. The molecule has 8 nitrogen and oxygen atoms in total. The smallest absolute Gasteiger partial charge is 0.292 e. The maximum absolute atomic E-state index is 11.6. The van der Waals surface area contributed by atoms with Gasteiger partial charge in [0.05, 0.1) is 10.6 Å². The van der Waals surface area contributed by atoms with Gasteiger partial charge in [0.1, 0.15) is 5.50 Å². The zero-order valence-corrected chi connectivity index (χ0v) is 14.3. The fourth-order valence-electron chi connectivity index (χ4n) is 2.41. The van der Waals surface area contributed by atoms with Crippen molar-refractivity contribution < 1.29 is 14.5 Å². The fraction of sp³-hybridized carbons (Fsp3) is 0.231. The molecule has 0 saturated carbocycles. The Bertz CT molecular complexity index is 724. The molecule has 0 spiro atoms. The van der Waals surface area contributed by atoms with Crippen LogP contribution in [0.3, 0.4) is 0 Å². The van der Waals surface area contributed by atoms with Crippen molar-refractivity contribution in [2.75, 3.05) is 5.32 Å². The number of nitrogens with zero attached hydrogens (tertiary/aromatic N) is 2. The van der Waals surface area contributed by atoms with Crippen LogP contribution >= 0.6 is 28.7 Å². The van der Waals surface area contributed by atoms with E-state index >= 15 is 0 Å². The van der Waals surface area contributed by atoms with E-state index in [2.05, 4.69) is 5.32 Å². The molecule has 0 aromatic heterocycles. The maximum Gasteiger partial charge on any atom is 0.292 e. The molecule has 2 aliphatic heterocycles. The monoisotopic (exact) mass is 400 g/mol. The van der Waals surface area contributed by atoms with Crippen LogP contribution in [0.15, 0.2) is 23.7 Å². The van der Waals surface area contributed by atoms with E-state index in [1.54, 1.807) is 6.20 Å². The van der Waals surface area contributed by atoms with Gasteiger partial charge in [0, 0.05) is 31.3 Å². The van der Waals surface area contributed by atoms with Gasteiger partial charge < -0.3 is 16.0 Å². The predicted octanol–water partition coefficient (Wildman–Crippen LogP) is 1.50. The van der Waals surface area contributed by atoms with Crippen molar-refractivity contribution in [2.45, 2.75) is 18.5 Å². The lowest BCUT2D eigenvalue weighted by Crippen LogP contribution is -2.34. The predicted molar refractivity (Wildman–Crippen MR) is 91.0 cm³/mol. The first-order chi connectivity index (χ1) is 10.5. The van der Waals surface area contributed by atoms with Gasteiger partial charge in [-0.3, -0.25) is 19.7 Å². The Hall–Kier alpha value is -1.91. The van der Waals surface area contributed by atoms with Crippen molar-refractivity contribution >= 4 is 51.8 Å². The Morgan fingerprint density at radius 2 is 2.17 bits per heavy atom. The number of nitrogens with one attached hydrogen (secondary N) is 1. The number of ketones is 1. The van der Waals surface area contributed by atoms with E-state index in [4.69, 9.17) is 5.73 Å². The van der Waals surface area contributed by atoms with Crippen molar-refractivity contribution in [2.24, 2.45) is 5.73 Å².